The van der Waals surface area contributed by atoms with Gasteiger partial charge in [0.15, 0.2) is 0 Å². The van der Waals surface area contributed by atoms with E-state index in [4.69, 9.17) is 18.0 Å². The largest absolute Gasteiger partial charge is 0.389 e. The lowest BCUT2D eigenvalue weighted by Gasteiger charge is -2.31. The van der Waals surface area contributed by atoms with Gasteiger partial charge in [-0.2, -0.15) is 0 Å². The van der Waals surface area contributed by atoms with Crippen LogP contribution in [0.15, 0.2) is 24.3 Å². The molecule has 1 aliphatic rings. The molecule has 1 aromatic carbocycles. The second-order valence-corrected chi connectivity index (χ2v) is 7.96. The maximum Gasteiger partial charge on any atom is 0.218 e. The molecule has 0 spiro atoms. The lowest BCUT2D eigenvalue weighted by Crippen LogP contribution is -2.40. The van der Waals surface area contributed by atoms with Crippen LogP contribution in [0.3, 0.4) is 0 Å². The Labute approximate surface area is 132 Å². The van der Waals surface area contributed by atoms with Crippen LogP contribution < -0.4 is 5.73 Å². The molecule has 0 bridgehead atoms. The number of benzene rings is 1. The smallest absolute Gasteiger partial charge is 0.218 e. The number of hydrogen-bond acceptors (Lipinski definition) is 3. The molecule has 1 aromatic rings. The van der Waals surface area contributed by atoms with E-state index < -0.39 is 10.0 Å². The second kappa shape index (κ2) is 6.85. The number of sulfonamides is 1. The van der Waals surface area contributed by atoms with Gasteiger partial charge >= 0.3 is 0 Å². The average Bonchev–Trinajstić information content (AvgIpc) is 2.47. The molecule has 4 nitrogen and oxygen atoms in total. The predicted molar refractivity (Wildman–Crippen MR) is 89.5 cm³/mol. The molecule has 1 fully saturated rings. The van der Waals surface area contributed by atoms with Gasteiger partial charge in [0.1, 0.15) is 4.99 Å². The van der Waals surface area contributed by atoms with Gasteiger partial charge in [-0.1, -0.05) is 49.8 Å². The van der Waals surface area contributed by atoms with Crippen LogP contribution in [0.5, 0.6) is 0 Å². The number of nitrogens with two attached hydrogens (primary N) is 1. The van der Waals surface area contributed by atoms with Crippen LogP contribution in [-0.2, 0) is 15.8 Å². The predicted octanol–water partition coefficient (Wildman–Crippen LogP) is 2.27. The first-order valence-electron chi connectivity index (χ1n) is 7.29. The molecule has 1 unspecified atom stereocenters. The van der Waals surface area contributed by atoms with Gasteiger partial charge in [-0.3, -0.25) is 0 Å². The van der Waals surface area contributed by atoms with E-state index in [2.05, 4.69) is 6.92 Å². The Bertz CT molecular complexity index is 614. The zero-order valence-electron chi connectivity index (χ0n) is 12.3. The molecule has 0 amide bonds. The minimum Gasteiger partial charge on any atom is -0.389 e. The minimum atomic E-state index is -3.32. The number of rotatable bonds is 5. The van der Waals surface area contributed by atoms with Gasteiger partial charge in [-0.05, 0) is 24.3 Å². The average molecular weight is 326 g/mol. The van der Waals surface area contributed by atoms with E-state index in [0.29, 0.717) is 30.1 Å². The summed E-state index contributed by atoms with van der Waals surface area (Å²) in [5, 5.41) is 0. The van der Waals surface area contributed by atoms with Crippen LogP contribution in [0.4, 0.5) is 0 Å². The van der Waals surface area contributed by atoms with Crippen LogP contribution in [0.2, 0.25) is 0 Å². The first-order chi connectivity index (χ1) is 9.94. The summed E-state index contributed by atoms with van der Waals surface area (Å²) in [5.74, 6) is 0.441. The lowest BCUT2D eigenvalue weighted by molar-refractivity contribution is 0.261. The number of piperidine rings is 1. The normalized spacial score (nSPS) is 20.3. The summed E-state index contributed by atoms with van der Waals surface area (Å²) in [7, 11) is -3.32. The molecule has 0 aromatic heterocycles. The fourth-order valence-electron chi connectivity index (χ4n) is 2.79. The standard InChI is InChI=1S/C15H22N2O2S2/c1-2-12-6-5-9-17(10-12)21(18,19)11-13-7-3-4-8-14(13)15(16)20/h3-4,7-8,12H,2,5-6,9-11H2,1H3,(H2,16,20). The van der Waals surface area contributed by atoms with Crippen molar-refractivity contribution in [2.24, 2.45) is 11.7 Å². The molecule has 2 rings (SSSR count). The number of thiocarbonyl (C=S) groups is 1. The topological polar surface area (TPSA) is 63.4 Å². The fourth-order valence-corrected chi connectivity index (χ4v) is 4.66. The second-order valence-electron chi connectivity index (χ2n) is 5.55. The molecule has 116 valence electrons. The molecule has 0 saturated carbocycles. The highest BCUT2D eigenvalue weighted by Crippen LogP contribution is 2.24. The van der Waals surface area contributed by atoms with Crippen molar-refractivity contribution in [2.75, 3.05) is 13.1 Å². The van der Waals surface area contributed by atoms with E-state index in [0.717, 1.165) is 19.3 Å². The molecule has 1 heterocycles. The summed E-state index contributed by atoms with van der Waals surface area (Å²) in [6, 6.07) is 7.20. The highest BCUT2D eigenvalue weighted by atomic mass is 32.2. The molecule has 0 aliphatic carbocycles. The van der Waals surface area contributed by atoms with E-state index >= 15 is 0 Å². The van der Waals surface area contributed by atoms with Crippen molar-refractivity contribution < 1.29 is 8.42 Å². The summed E-state index contributed by atoms with van der Waals surface area (Å²) >= 11 is 5.00. The molecule has 21 heavy (non-hydrogen) atoms. The molecular weight excluding hydrogens is 304 g/mol. The monoisotopic (exact) mass is 326 g/mol. The fraction of sp³-hybridized carbons (Fsp3) is 0.533. The van der Waals surface area contributed by atoms with Crippen LogP contribution in [0, 0.1) is 5.92 Å². The van der Waals surface area contributed by atoms with Crippen molar-refractivity contribution in [2.45, 2.75) is 31.9 Å². The van der Waals surface area contributed by atoms with Crippen molar-refractivity contribution in [1.29, 1.82) is 0 Å². The summed E-state index contributed by atoms with van der Waals surface area (Å²) in [6.07, 6.45) is 3.08. The third-order valence-corrected chi connectivity index (χ3v) is 6.09. The Morgan fingerprint density at radius 3 is 2.81 bits per heavy atom. The molecule has 1 atom stereocenters. The van der Waals surface area contributed by atoms with E-state index in [1.165, 1.54) is 0 Å². The van der Waals surface area contributed by atoms with Gasteiger partial charge in [0.2, 0.25) is 10.0 Å². The molecule has 2 N–H and O–H groups in total. The van der Waals surface area contributed by atoms with Crippen LogP contribution in [0.25, 0.3) is 0 Å². The van der Waals surface area contributed by atoms with Crippen molar-refractivity contribution in [3.63, 3.8) is 0 Å². The van der Waals surface area contributed by atoms with E-state index in [1.54, 1.807) is 16.4 Å². The van der Waals surface area contributed by atoms with E-state index in [1.807, 2.05) is 12.1 Å². The van der Waals surface area contributed by atoms with Gasteiger partial charge in [-0.15, -0.1) is 0 Å². The highest BCUT2D eigenvalue weighted by molar-refractivity contribution is 7.88. The Morgan fingerprint density at radius 2 is 2.14 bits per heavy atom. The summed E-state index contributed by atoms with van der Waals surface area (Å²) in [5.41, 5.74) is 7.02. The summed E-state index contributed by atoms with van der Waals surface area (Å²) < 4.78 is 26.9. The number of nitrogens with zero attached hydrogens (tertiary/aromatic N) is 1. The Morgan fingerprint density at radius 1 is 1.43 bits per heavy atom. The third kappa shape index (κ3) is 4.02. The first-order valence-corrected chi connectivity index (χ1v) is 9.31. The molecule has 1 aliphatic heterocycles. The molecule has 1 saturated heterocycles. The Hall–Kier alpha value is -0.980. The lowest BCUT2D eigenvalue weighted by atomic mass is 9.97. The van der Waals surface area contributed by atoms with Gasteiger partial charge < -0.3 is 5.73 Å². The summed E-state index contributed by atoms with van der Waals surface area (Å²) in [4.78, 5) is 0.242. The maximum atomic E-state index is 12.6. The van der Waals surface area contributed by atoms with Crippen LogP contribution in [-0.4, -0.2) is 30.8 Å². The Balaban J connectivity index is 2.20. The Kier molecular flexibility index (Phi) is 5.35. The van der Waals surface area contributed by atoms with E-state index in [-0.39, 0.29) is 10.7 Å². The van der Waals surface area contributed by atoms with E-state index in [9.17, 15) is 8.42 Å². The maximum absolute atomic E-state index is 12.6. The quantitative estimate of drug-likeness (QED) is 0.843. The highest BCUT2D eigenvalue weighted by Gasteiger charge is 2.28. The molecule has 6 heteroatoms. The van der Waals surface area contributed by atoms with Gasteiger partial charge in [-0.25, -0.2) is 12.7 Å². The van der Waals surface area contributed by atoms with Crippen LogP contribution in [0.1, 0.15) is 37.3 Å². The van der Waals surface area contributed by atoms with Gasteiger partial charge in [0.25, 0.3) is 0 Å². The number of hydrogen-bond donors (Lipinski definition) is 1. The van der Waals surface area contributed by atoms with Crippen molar-refractivity contribution in [3.8, 4) is 0 Å². The molecule has 0 radical (unpaired) electrons. The summed E-state index contributed by atoms with van der Waals surface area (Å²) in [6.45, 7) is 3.37. The molecular formula is C15H22N2O2S2. The zero-order chi connectivity index (χ0) is 15.5. The van der Waals surface area contributed by atoms with Crippen LogP contribution >= 0.6 is 12.2 Å². The van der Waals surface area contributed by atoms with Crippen molar-refractivity contribution in [3.05, 3.63) is 35.4 Å². The van der Waals surface area contributed by atoms with Gasteiger partial charge in [0, 0.05) is 18.7 Å². The van der Waals surface area contributed by atoms with Crippen molar-refractivity contribution in [1.82, 2.24) is 4.31 Å². The minimum absolute atomic E-state index is 0.0308. The SMILES string of the molecule is CCC1CCCN(S(=O)(=O)Cc2ccccc2C(N)=S)C1. The van der Waals surface area contributed by atoms with Gasteiger partial charge in [0.05, 0.1) is 5.75 Å². The van der Waals surface area contributed by atoms with Crippen molar-refractivity contribution >= 4 is 27.2 Å². The third-order valence-electron chi connectivity index (χ3n) is 4.07. The zero-order valence-corrected chi connectivity index (χ0v) is 13.9. The first kappa shape index (κ1) is 16.4.